The van der Waals surface area contributed by atoms with Crippen molar-refractivity contribution in [1.82, 2.24) is 4.90 Å². The summed E-state index contributed by atoms with van der Waals surface area (Å²) in [4.78, 5) is 35.7. The van der Waals surface area contributed by atoms with Gasteiger partial charge in [-0.2, -0.15) is 0 Å². The Morgan fingerprint density at radius 3 is 2.29 bits per heavy atom. The third kappa shape index (κ3) is 3.88. The maximum atomic E-state index is 12.2. The van der Waals surface area contributed by atoms with Crippen LogP contribution in [0.5, 0.6) is 0 Å². The predicted octanol–water partition coefficient (Wildman–Crippen LogP) is 3.20. The lowest BCUT2D eigenvalue weighted by Crippen LogP contribution is -2.21. The van der Waals surface area contributed by atoms with E-state index in [1.54, 1.807) is 38.4 Å². The molecule has 0 aliphatic rings. The highest BCUT2D eigenvalue weighted by Crippen LogP contribution is 2.23. The molecule has 8 heteroatoms. The number of nitrogens with one attached hydrogen (secondary N) is 1. The lowest BCUT2D eigenvalue weighted by Gasteiger charge is -2.11. The molecule has 0 radical (unpaired) electrons. The van der Waals surface area contributed by atoms with Crippen LogP contribution in [0, 0.1) is 10.1 Å². The molecule has 0 fully saturated rings. The SMILES string of the molecule is CN(C)C(=O)c1ccc(NC(=O)c2cc([N+](=O)[O-])ccc2Cl)cc1. The second kappa shape index (κ2) is 7.10. The normalized spacial score (nSPS) is 10.1. The van der Waals surface area contributed by atoms with Crippen molar-refractivity contribution in [3.63, 3.8) is 0 Å². The zero-order chi connectivity index (χ0) is 17.9. The Morgan fingerprint density at radius 2 is 1.75 bits per heavy atom. The maximum absolute atomic E-state index is 12.2. The monoisotopic (exact) mass is 347 g/mol. The van der Waals surface area contributed by atoms with Crippen LogP contribution in [0.3, 0.4) is 0 Å². The number of anilines is 1. The van der Waals surface area contributed by atoms with Crippen LogP contribution in [-0.4, -0.2) is 35.7 Å². The molecule has 0 saturated carbocycles. The van der Waals surface area contributed by atoms with E-state index < -0.39 is 10.8 Å². The van der Waals surface area contributed by atoms with E-state index in [1.807, 2.05) is 0 Å². The number of rotatable bonds is 4. The van der Waals surface area contributed by atoms with E-state index in [1.165, 1.54) is 17.0 Å². The zero-order valence-corrected chi connectivity index (χ0v) is 13.7. The predicted molar refractivity (Wildman–Crippen MR) is 90.5 cm³/mol. The zero-order valence-electron chi connectivity index (χ0n) is 12.9. The number of hydrogen-bond donors (Lipinski definition) is 1. The quantitative estimate of drug-likeness (QED) is 0.679. The van der Waals surface area contributed by atoms with E-state index in [9.17, 15) is 19.7 Å². The molecule has 24 heavy (non-hydrogen) atoms. The average Bonchev–Trinajstić information content (AvgIpc) is 2.54. The fraction of sp³-hybridized carbons (Fsp3) is 0.125. The van der Waals surface area contributed by atoms with Crippen LogP contribution in [-0.2, 0) is 0 Å². The van der Waals surface area contributed by atoms with Gasteiger partial charge in [0, 0.05) is 37.5 Å². The minimum absolute atomic E-state index is 0.000638. The van der Waals surface area contributed by atoms with Gasteiger partial charge in [0.1, 0.15) is 0 Å². The number of nitro groups is 1. The summed E-state index contributed by atoms with van der Waals surface area (Å²) in [5.74, 6) is -0.731. The van der Waals surface area contributed by atoms with Gasteiger partial charge in [-0.25, -0.2) is 0 Å². The van der Waals surface area contributed by atoms with E-state index in [2.05, 4.69) is 5.32 Å². The van der Waals surface area contributed by atoms with Gasteiger partial charge in [-0.05, 0) is 30.3 Å². The molecule has 0 aromatic heterocycles. The second-order valence-electron chi connectivity index (χ2n) is 5.15. The van der Waals surface area contributed by atoms with Gasteiger partial charge >= 0.3 is 0 Å². The molecule has 2 aromatic carbocycles. The first-order valence-corrected chi connectivity index (χ1v) is 7.24. The highest BCUT2D eigenvalue weighted by atomic mass is 35.5. The number of carbonyl (C=O) groups excluding carboxylic acids is 2. The van der Waals surface area contributed by atoms with Crippen molar-refractivity contribution in [3.8, 4) is 0 Å². The highest BCUT2D eigenvalue weighted by Gasteiger charge is 2.16. The molecule has 0 unspecified atom stereocenters. The van der Waals surface area contributed by atoms with Crippen molar-refractivity contribution in [3.05, 3.63) is 68.7 Å². The van der Waals surface area contributed by atoms with Crippen molar-refractivity contribution in [1.29, 1.82) is 0 Å². The molecule has 0 aliphatic carbocycles. The van der Waals surface area contributed by atoms with Gasteiger partial charge in [0.05, 0.1) is 15.5 Å². The number of non-ortho nitro benzene ring substituents is 1. The smallest absolute Gasteiger partial charge is 0.270 e. The van der Waals surface area contributed by atoms with Crippen LogP contribution in [0.1, 0.15) is 20.7 Å². The number of hydrogen-bond acceptors (Lipinski definition) is 4. The summed E-state index contributed by atoms with van der Waals surface area (Å²) in [5, 5.41) is 13.5. The fourth-order valence-corrected chi connectivity index (χ4v) is 2.16. The molecular formula is C16H14ClN3O4. The van der Waals surface area contributed by atoms with E-state index in [0.29, 0.717) is 11.3 Å². The molecule has 0 saturated heterocycles. The van der Waals surface area contributed by atoms with Crippen molar-refractivity contribution in [2.45, 2.75) is 0 Å². The van der Waals surface area contributed by atoms with Gasteiger partial charge in [-0.15, -0.1) is 0 Å². The molecule has 124 valence electrons. The summed E-state index contributed by atoms with van der Waals surface area (Å²) in [5.41, 5.74) is 0.694. The summed E-state index contributed by atoms with van der Waals surface area (Å²) >= 11 is 5.93. The number of nitro benzene ring substituents is 1. The number of nitrogens with zero attached hydrogens (tertiary/aromatic N) is 2. The van der Waals surface area contributed by atoms with Crippen LogP contribution in [0.25, 0.3) is 0 Å². The third-order valence-electron chi connectivity index (χ3n) is 3.20. The lowest BCUT2D eigenvalue weighted by molar-refractivity contribution is -0.384. The van der Waals surface area contributed by atoms with E-state index in [-0.39, 0.29) is 22.2 Å². The Hall–Kier alpha value is -2.93. The molecule has 0 atom stereocenters. The van der Waals surface area contributed by atoms with Gasteiger partial charge in [0.2, 0.25) is 0 Å². The molecule has 0 aliphatic heterocycles. The molecule has 2 aromatic rings. The maximum Gasteiger partial charge on any atom is 0.270 e. The molecule has 0 bridgehead atoms. The Bertz CT molecular complexity index is 803. The molecule has 2 amide bonds. The van der Waals surface area contributed by atoms with Crippen LogP contribution < -0.4 is 5.32 Å². The van der Waals surface area contributed by atoms with Crippen LogP contribution in [0.2, 0.25) is 5.02 Å². The van der Waals surface area contributed by atoms with Gasteiger partial charge in [-0.3, -0.25) is 19.7 Å². The van der Waals surface area contributed by atoms with Gasteiger partial charge < -0.3 is 10.2 Å². The summed E-state index contributed by atoms with van der Waals surface area (Å²) < 4.78 is 0. The summed E-state index contributed by atoms with van der Waals surface area (Å²) in [6.45, 7) is 0. The molecular weight excluding hydrogens is 334 g/mol. The van der Waals surface area contributed by atoms with Crippen molar-refractivity contribution < 1.29 is 14.5 Å². The van der Waals surface area contributed by atoms with E-state index in [4.69, 9.17) is 11.6 Å². The number of halogens is 1. The minimum Gasteiger partial charge on any atom is -0.345 e. The number of benzene rings is 2. The Balaban J connectivity index is 2.19. The molecule has 1 N–H and O–H groups in total. The van der Waals surface area contributed by atoms with Crippen LogP contribution in [0.4, 0.5) is 11.4 Å². The standard InChI is InChI=1S/C16H14ClN3O4/c1-19(2)16(22)10-3-5-11(6-4-10)18-15(21)13-9-12(20(23)24)7-8-14(13)17/h3-9H,1-2H3,(H,18,21). The summed E-state index contributed by atoms with van der Waals surface area (Å²) in [6, 6.07) is 9.93. The van der Waals surface area contributed by atoms with Gasteiger partial charge in [0.25, 0.3) is 17.5 Å². The largest absolute Gasteiger partial charge is 0.345 e. The first kappa shape index (κ1) is 17.4. The van der Waals surface area contributed by atoms with Crippen molar-refractivity contribution in [2.24, 2.45) is 0 Å². The van der Waals surface area contributed by atoms with Crippen molar-refractivity contribution in [2.75, 3.05) is 19.4 Å². The van der Waals surface area contributed by atoms with Gasteiger partial charge in [0.15, 0.2) is 0 Å². The first-order valence-electron chi connectivity index (χ1n) is 6.86. The number of carbonyl (C=O) groups is 2. The first-order chi connectivity index (χ1) is 11.3. The summed E-state index contributed by atoms with van der Waals surface area (Å²) in [7, 11) is 3.28. The fourth-order valence-electron chi connectivity index (χ4n) is 1.95. The topological polar surface area (TPSA) is 92.6 Å². The van der Waals surface area contributed by atoms with Crippen LogP contribution >= 0.6 is 11.6 Å². The average molecular weight is 348 g/mol. The number of amides is 2. The Morgan fingerprint density at radius 1 is 1.12 bits per heavy atom. The van der Waals surface area contributed by atoms with Gasteiger partial charge in [-0.1, -0.05) is 11.6 Å². The lowest BCUT2D eigenvalue weighted by atomic mass is 10.1. The van der Waals surface area contributed by atoms with E-state index >= 15 is 0 Å². The second-order valence-corrected chi connectivity index (χ2v) is 5.56. The molecule has 0 spiro atoms. The molecule has 0 heterocycles. The summed E-state index contributed by atoms with van der Waals surface area (Å²) in [6.07, 6.45) is 0. The Labute approximate surface area is 143 Å². The minimum atomic E-state index is -0.602. The molecule has 2 rings (SSSR count). The molecule has 7 nitrogen and oxygen atoms in total. The van der Waals surface area contributed by atoms with E-state index in [0.717, 1.165) is 6.07 Å². The van der Waals surface area contributed by atoms with Crippen LogP contribution in [0.15, 0.2) is 42.5 Å². The highest BCUT2D eigenvalue weighted by molar-refractivity contribution is 6.34. The van der Waals surface area contributed by atoms with Crippen molar-refractivity contribution >= 4 is 34.8 Å². The Kier molecular flexibility index (Phi) is 5.15. The third-order valence-corrected chi connectivity index (χ3v) is 3.53.